The topological polar surface area (TPSA) is 61.7 Å². The summed E-state index contributed by atoms with van der Waals surface area (Å²) in [4.78, 5) is 11.4. The number of benzene rings is 3. The SMILES string of the molecule is O=C(O)c1ccccc1N/N=C(\c1ccccc1)c1ccc(Br)cc1. The molecular formula is C20H15BrN2O2. The second-order valence-corrected chi connectivity index (χ2v) is 6.21. The van der Waals surface area contributed by atoms with E-state index < -0.39 is 5.97 Å². The molecule has 0 amide bonds. The van der Waals surface area contributed by atoms with Gasteiger partial charge in [-0.05, 0) is 24.3 Å². The fourth-order valence-corrected chi connectivity index (χ4v) is 2.65. The molecule has 4 nitrogen and oxygen atoms in total. The van der Waals surface area contributed by atoms with Crippen LogP contribution in [0.3, 0.4) is 0 Å². The molecule has 5 heteroatoms. The predicted octanol–water partition coefficient (Wildman–Crippen LogP) is 5.01. The molecule has 0 saturated carbocycles. The first-order valence-electron chi connectivity index (χ1n) is 7.62. The summed E-state index contributed by atoms with van der Waals surface area (Å²) >= 11 is 3.43. The average molecular weight is 395 g/mol. The summed E-state index contributed by atoms with van der Waals surface area (Å²) in [6.07, 6.45) is 0. The van der Waals surface area contributed by atoms with E-state index in [1.54, 1.807) is 24.3 Å². The van der Waals surface area contributed by atoms with Gasteiger partial charge in [0.25, 0.3) is 0 Å². The van der Waals surface area contributed by atoms with Gasteiger partial charge in [0.15, 0.2) is 0 Å². The number of aromatic carboxylic acids is 1. The molecule has 3 aromatic rings. The van der Waals surface area contributed by atoms with E-state index in [4.69, 9.17) is 0 Å². The number of nitrogens with one attached hydrogen (secondary N) is 1. The zero-order valence-corrected chi connectivity index (χ0v) is 14.8. The number of hydrogen-bond acceptors (Lipinski definition) is 3. The molecule has 0 spiro atoms. The number of rotatable bonds is 5. The lowest BCUT2D eigenvalue weighted by atomic mass is 10.0. The van der Waals surface area contributed by atoms with E-state index >= 15 is 0 Å². The Balaban J connectivity index is 2.02. The Bertz CT molecular complexity index is 906. The Morgan fingerprint density at radius 3 is 2.12 bits per heavy atom. The van der Waals surface area contributed by atoms with Crippen molar-refractivity contribution in [2.24, 2.45) is 5.10 Å². The van der Waals surface area contributed by atoms with E-state index in [0.717, 1.165) is 21.3 Å². The number of carboxylic acids is 1. The second kappa shape index (κ2) is 7.77. The Hall–Kier alpha value is -2.92. The van der Waals surface area contributed by atoms with Crippen molar-refractivity contribution in [3.8, 4) is 0 Å². The first kappa shape index (κ1) is 16.9. The van der Waals surface area contributed by atoms with Gasteiger partial charge in [0.05, 0.1) is 17.0 Å². The molecule has 25 heavy (non-hydrogen) atoms. The number of hydrazone groups is 1. The Morgan fingerprint density at radius 1 is 0.840 bits per heavy atom. The summed E-state index contributed by atoms with van der Waals surface area (Å²) in [5.41, 5.74) is 6.11. The maximum atomic E-state index is 11.4. The smallest absolute Gasteiger partial charge is 0.337 e. The van der Waals surface area contributed by atoms with Gasteiger partial charge in [-0.3, -0.25) is 5.43 Å². The van der Waals surface area contributed by atoms with E-state index in [1.165, 1.54) is 0 Å². The highest BCUT2D eigenvalue weighted by molar-refractivity contribution is 9.10. The van der Waals surface area contributed by atoms with Gasteiger partial charge in [-0.2, -0.15) is 5.10 Å². The van der Waals surface area contributed by atoms with Crippen molar-refractivity contribution in [1.29, 1.82) is 0 Å². The molecular weight excluding hydrogens is 380 g/mol. The van der Waals surface area contributed by atoms with Gasteiger partial charge >= 0.3 is 5.97 Å². The van der Waals surface area contributed by atoms with Crippen molar-refractivity contribution < 1.29 is 9.90 Å². The van der Waals surface area contributed by atoms with Crippen LogP contribution in [0.2, 0.25) is 0 Å². The third-order valence-corrected chi connectivity index (χ3v) is 4.14. The van der Waals surface area contributed by atoms with Gasteiger partial charge in [-0.25, -0.2) is 4.79 Å². The molecule has 0 fully saturated rings. The maximum Gasteiger partial charge on any atom is 0.337 e. The van der Waals surface area contributed by atoms with Crippen LogP contribution in [0.4, 0.5) is 5.69 Å². The van der Waals surface area contributed by atoms with Gasteiger partial charge in [-0.1, -0.05) is 70.5 Å². The van der Waals surface area contributed by atoms with Crippen molar-refractivity contribution in [2.75, 3.05) is 5.43 Å². The summed E-state index contributed by atoms with van der Waals surface area (Å²) < 4.78 is 0.979. The van der Waals surface area contributed by atoms with Crippen LogP contribution in [-0.4, -0.2) is 16.8 Å². The van der Waals surface area contributed by atoms with Crippen LogP contribution in [0.1, 0.15) is 21.5 Å². The lowest BCUT2D eigenvalue weighted by Gasteiger charge is -2.10. The number of carbonyl (C=O) groups is 1. The number of anilines is 1. The number of hydrogen-bond donors (Lipinski definition) is 2. The van der Waals surface area contributed by atoms with Crippen LogP contribution in [0.25, 0.3) is 0 Å². The van der Waals surface area contributed by atoms with Crippen LogP contribution in [0, 0.1) is 0 Å². The third-order valence-electron chi connectivity index (χ3n) is 3.61. The quantitative estimate of drug-likeness (QED) is 0.472. The van der Waals surface area contributed by atoms with Crippen LogP contribution < -0.4 is 5.43 Å². The van der Waals surface area contributed by atoms with Crippen LogP contribution in [0.15, 0.2) is 88.4 Å². The monoisotopic (exact) mass is 394 g/mol. The zero-order valence-electron chi connectivity index (χ0n) is 13.2. The summed E-state index contributed by atoms with van der Waals surface area (Å²) in [6, 6.07) is 24.2. The molecule has 0 aromatic heterocycles. The summed E-state index contributed by atoms with van der Waals surface area (Å²) in [7, 11) is 0. The zero-order chi connectivity index (χ0) is 17.6. The van der Waals surface area contributed by atoms with Crippen molar-refractivity contribution in [3.05, 3.63) is 100 Å². The van der Waals surface area contributed by atoms with E-state index in [9.17, 15) is 9.90 Å². The van der Waals surface area contributed by atoms with Gasteiger partial charge < -0.3 is 5.11 Å². The van der Waals surface area contributed by atoms with E-state index in [-0.39, 0.29) is 5.56 Å². The minimum absolute atomic E-state index is 0.175. The minimum atomic E-state index is -0.997. The minimum Gasteiger partial charge on any atom is -0.478 e. The molecule has 2 N–H and O–H groups in total. The highest BCUT2D eigenvalue weighted by Crippen LogP contribution is 2.18. The number of nitrogens with zero attached hydrogens (tertiary/aromatic N) is 1. The Morgan fingerprint density at radius 2 is 1.44 bits per heavy atom. The molecule has 0 aliphatic rings. The summed E-state index contributed by atoms with van der Waals surface area (Å²) in [6.45, 7) is 0. The van der Waals surface area contributed by atoms with Crippen molar-refractivity contribution in [2.45, 2.75) is 0 Å². The van der Waals surface area contributed by atoms with Crippen LogP contribution >= 0.6 is 15.9 Å². The van der Waals surface area contributed by atoms with Crippen molar-refractivity contribution in [1.82, 2.24) is 0 Å². The maximum absolute atomic E-state index is 11.4. The molecule has 0 radical (unpaired) electrons. The predicted molar refractivity (Wildman–Crippen MR) is 103 cm³/mol. The Labute approximate surface area is 154 Å². The van der Waals surface area contributed by atoms with E-state index in [0.29, 0.717) is 5.69 Å². The van der Waals surface area contributed by atoms with Gasteiger partial charge in [0, 0.05) is 15.6 Å². The standard InChI is InChI=1S/C20H15BrN2O2/c21-16-12-10-15(11-13-16)19(14-6-2-1-3-7-14)23-22-18-9-5-4-8-17(18)20(24)25/h1-13,22H,(H,24,25)/b23-19+. The molecule has 0 aliphatic carbocycles. The van der Waals surface area contributed by atoms with Crippen molar-refractivity contribution >= 4 is 33.3 Å². The fourth-order valence-electron chi connectivity index (χ4n) is 2.38. The number of para-hydroxylation sites is 1. The summed E-state index contributed by atoms with van der Waals surface area (Å²) in [5, 5.41) is 13.8. The largest absolute Gasteiger partial charge is 0.478 e. The molecule has 0 saturated heterocycles. The lowest BCUT2D eigenvalue weighted by Crippen LogP contribution is -2.08. The van der Waals surface area contributed by atoms with Crippen LogP contribution in [-0.2, 0) is 0 Å². The van der Waals surface area contributed by atoms with Gasteiger partial charge in [0.2, 0.25) is 0 Å². The molecule has 0 unspecified atom stereocenters. The number of carboxylic acid groups (broad SMARTS) is 1. The molecule has 0 atom stereocenters. The fraction of sp³-hybridized carbons (Fsp3) is 0. The third kappa shape index (κ3) is 4.14. The normalized spacial score (nSPS) is 11.2. The molecule has 0 bridgehead atoms. The second-order valence-electron chi connectivity index (χ2n) is 5.30. The van der Waals surface area contributed by atoms with Gasteiger partial charge in [-0.15, -0.1) is 0 Å². The molecule has 0 aliphatic heterocycles. The molecule has 124 valence electrons. The van der Waals surface area contributed by atoms with E-state index in [2.05, 4.69) is 26.5 Å². The lowest BCUT2D eigenvalue weighted by molar-refractivity contribution is 0.0698. The molecule has 3 aromatic carbocycles. The first-order chi connectivity index (χ1) is 12.1. The van der Waals surface area contributed by atoms with Crippen LogP contribution in [0.5, 0.6) is 0 Å². The van der Waals surface area contributed by atoms with Gasteiger partial charge in [0.1, 0.15) is 0 Å². The van der Waals surface area contributed by atoms with E-state index in [1.807, 2.05) is 54.6 Å². The molecule has 0 heterocycles. The highest BCUT2D eigenvalue weighted by atomic mass is 79.9. The van der Waals surface area contributed by atoms with Crippen molar-refractivity contribution in [3.63, 3.8) is 0 Å². The Kier molecular flexibility index (Phi) is 5.26. The first-order valence-corrected chi connectivity index (χ1v) is 8.42. The number of halogens is 1. The molecule has 3 rings (SSSR count). The highest BCUT2D eigenvalue weighted by Gasteiger charge is 2.10. The average Bonchev–Trinajstić information content (AvgIpc) is 2.64. The summed E-state index contributed by atoms with van der Waals surface area (Å²) in [5.74, 6) is -0.997.